The highest BCUT2D eigenvalue weighted by Gasteiger charge is 2.28. The van der Waals surface area contributed by atoms with Gasteiger partial charge >= 0.3 is 5.97 Å². The molecule has 0 radical (unpaired) electrons. The minimum Gasteiger partial charge on any atom is -0.480 e. The molecular weight excluding hydrogens is 454 g/mol. The zero-order valence-corrected chi connectivity index (χ0v) is 20.6. The number of H-pyrrole nitrogens is 1. The van der Waals surface area contributed by atoms with Crippen molar-refractivity contribution in [2.24, 2.45) is 5.92 Å². The van der Waals surface area contributed by atoms with Crippen molar-refractivity contribution in [2.75, 3.05) is 13.1 Å². The van der Waals surface area contributed by atoms with E-state index in [0.29, 0.717) is 18.9 Å². The third-order valence-corrected chi connectivity index (χ3v) is 7.11. The molecule has 1 atom stereocenters. The summed E-state index contributed by atoms with van der Waals surface area (Å²) < 4.78 is 0. The van der Waals surface area contributed by atoms with Crippen molar-refractivity contribution in [2.45, 2.75) is 57.4 Å². The molecule has 0 spiro atoms. The van der Waals surface area contributed by atoms with Crippen LogP contribution in [0.1, 0.15) is 49.7 Å². The highest BCUT2D eigenvalue weighted by atomic mass is 16.4. The summed E-state index contributed by atoms with van der Waals surface area (Å²) in [5.74, 6) is -1.14. The SMILES string of the molecule is O=C(O)CN(CCC1CCCCC1)C(=O)[C@H](Cc1ccccc1)NC(=O)Cc1c[nH]c2ccccc12. The molecule has 1 aliphatic carbocycles. The Kier molecular flexibility index (Phi) is 8.76. The molecule has 1 aliphatic rings. The number of aliphatic carboxylic acids is 1. The molecule has 0 aliphatic heterocycles. The topological polar surface area (TPSA) is 102 Å². The number of carboxylic acid groups (broad SMARTS) is 1. The fourth-order valence-electron chi connectivity index (χ4n) is 5.21. The number of hydrogen-bond acceptors (Lipinski definition) is 3. The third-order valence-electron chi connectivity index (χ3n) is 7.11. The van der Waals surface area contributed by atoms with E-state index in [2.05, 4.69) is 10.3 Å². The van der Waals surface area contributed by atoms with Gasteiger partial charge in [0.05, 0.1) is 6.42 Å². The van der Waals surface area contributed by atoms with Crippen molar-refractivity contribution in [1.82, 2.24) is 15.2 Å². The van der Waals surface area contributed by atoms with Crippen LogP contribution in [0.4, 0.5) is 0 Å². The molecule has 36 heavy (non-hydrogen) atoms. The number of carbonyl (C=O) groups excluding carboxylic acids is 2. The molecule has 0 unspecified atom stereocenters. The van der Waals surface area contributed by atoms with Gasteiger partial charge in [0, 0.05) is 30.1 Å². The molecule has 7 heteroatoms. The van der Waals surface area contributed by atoms with E-state index in [4.69, 9.17) is 0 Å². The van der Waals surface area contributed by atoms with Gasteiger partial charge in [-0.05, 0) is 29.5 Å². The Morgan fingerprint density at radius 2 is 1.72 bits per heavy atom. The Hall–Kier alpha value is -3.61. The lowest BCUT2D eigenvalue weighted by Gasteiger charge is -2.29. The van der Waals surface area contributed by atoms with Crippen molar-refractivity contribution < 1.29 is 19.5 Å². The molecule has 3 aromatic rings. The number of benzene rings is 2. The lowest BCUT2D eigenvalue weighted by Crippen LogP contribution is -2.51. The minimum absolute atomic E-state index is 0.129. The summed E-state index contributed by atoms with van der Waals surface area (Å²) in [5.41, 5.74) is 2.71. The quantitative estimate of drug-likeness (QED) is 0.373. The first kappa shape index (κ1) is 25.5. The number of carboxylic acids is 1. The van der Waals surface area contributed by atoms with Gasteiger partial charge in [0.15, 0.2) is 0 Å². The predicted octanol–water partition coefficient (Wildman–Crippen LogP) is 4.32. The fourth-order valence-corrected chi connectivity index (χ4v) is 5.21. The van der Waals surface area contributed by atoms with Gasteiger partial charge in [-0.15, -0.1) is 0 Å². The maximum atomic E-state index is 13.6. The van der Waals surface area contributed by atoms with Crippen LogP contribution in [0.15, 0.2) is 60.8 Å². The molecular formula is C29H35N3O4. The van der Waals surface area contributed by atoms with Crippen LogP contribution < -0.4 is 5.32 Å². The Morgan fingerprint density at radius 3 is 2.47 bits per heavy atom. The van der Waals surface area contributed by atoms with Crippen LogP contribution in [0.2, 0.25) is 0 Å². The van der Waals surface area contributed by atoms with E-state index in [9.17, 15) is 19.5 Å². The van der Waals surface area contributed by atoms with Crippen molar-refractivity contribution >= 4 is 28.7 Å². The van der Waals surface area contributed by atoms with Gasteiger partial charge in [-0.25, -0.2) is 0 Å². The largest absolute Gasteiger partial charge is 0.480 e. The standard InChI is InChI=1S/C29H35N3O4/c33-27(18-23-19-30-25-14-8-7-13-24(23)25)31-26(17-22-11-5-2-6-12-22)29(36)32(20-28(34)35)16-15-21-9-3-1-4-10-21/h2,5-8,11-14,19,21,26,30H,1,3-4,9-10,15-18,20H2,(H,31,33)(H,34,35)/t26-/m0/s1. The maximum absolute atomic E-state index is 13.6. The molecule has 1 aromatic heterocycles. The maximum Gasteiger partial charge on any atom is 0.323 e. The molecule has 7 nitrogen and oxygen atoms in total. The first-order valence-corrected chi connectivity index (χ1v) is 12.9. The average molecular weight is 490 g/mol. The number of rotatable bonds is 11. The van der Waals surface area contributed by atoms with Crippen molar-refractivity contribution in [3.63, 3.8) is 0 Å². The molecule has 0 bridgehead atoms. The van der Waals surface area contributed by atoms with E-state index in [1.165, 1.54) is 24.2 Å². The zero-order chi connectivity index (χ0) is 25.3. The van der Waals surface area contributed by atoms with E-state index in [0.717, 1.165) is 41.3 Å². The number of aromatic amines is 1. The van der Waals surface area contributed by atoms with E-state index >= 15 is 0 Å². The van der Waals surface area contributed by atoms with E-state index in [1.54, 1.807) is 0 Å². The predicted molar refractivity (Wildman–Crippen MR) is 139 cm³/mol. The number of aromatic nitrogens is 1. The van der Waals surface area contributed by atoms with Gasteiger partial charge in [-0.3, -0.25) is 14.4 Å². The van der Waals surface area contributed by atoms with Gasteiger partial charge in [-0.2, -0.15) is 0 Å². The number of hydrogen-bond donors (Lipinski definition) is 3. The highest BCUT2D eigenvalue weighted by Crippen LogP contribution is 2.26. The van der Waals surface area contributed by atoms with Crippen molar-refractivity contribution in [3.8, 4) is 0 Å². The Balaban J connectivity index is 1.49. The van der Waals surface area contributed by atoms with Crippen LogP contribution in [-0.2, 0) is 27.2 Å². The summed E-state index contributed by atoms with van der Waals surface area (Å²) >= 11 is 0. The Morgan fingerprint density at radius 1 is 1.00 bits per heavy atom. The number of nitrogens with one attached hydrogen (secondary N) is 2. The van der Waals surface area contributed by atoms with Crippen LogP contribution in [0.3, 0.4) is 0 Å². The molecule has 1 saturated carbocycles. The normalized spacial score (nSPS) is 14.9. The second-order valence-corrected chi connectivity index (χ2v) is 9.79. The Labute approximate surface area is 211 Å². The second-order valence-electron chi connectivity index (χ2n) is 9.79. The fraction of sp³-hybridized carbons (Fsp3) is 0.414. The van der Waals surface area contributed by atoms with E-state index in [-0.39, 0.29) is 24.8 Å². The molecule has 190 valence electrons. The smallest absolute Gasteiger partial charge is 0.323 e. The number of nitrogens with zero attached hydrogens (tertiary/aromatic N) is 1. The highest BCUT2D eigenvalue weighted by molar-refractivity contribution is 5.92. The third kappa shape index (κ3) is 6.97. The van der Waals surface area contributed by atoms with Gasteiger partial charge in [-0.1, -0.05) is 80.6 Å². The van der Waals surface area contributed by atoms with Gasteiger partial charge < -0.3 is 20.3 Å². The molecule has 1 heterocycles. The number of amides is 2. The number of carbonyl (C=O) groups is 3. The van der Waals surface area contributed by atoms with Crippen LogP contribution >= 0.6 is 0 Å². The molecule has 2 aromatic carbocycles. The van der Waals surface area contributed by atoms with E-state index in [1.807, 2.05) is 60.8 Å². The van der Waals surface area contributed by atoms with Crippen molar-refractivity contribution in [1.29, 1.82) is 0 Å². The van der Waals surface area contributed by atoms with Crippen LogP contribution in [-0.4, -0.2) is 51.9 Å². The van der Waals surface area contributed by atoms with Crippen LogP contribution in [0.25, 0.3) is 10.9 Å². The first-order chi connectivity index (χ1) is 17.5. The first-order valence-electron chi connectivity index (χ1n) is 12.9. The summed E-state index contributed by atoms with van der Waals surface area (Å²) in [4.78, 5) is 43.0. The minimum atomic E-state index is -1.05. The average Bonchev–Trinajstić information content (AvgIpc) is 3.29. The summed E-state index contributed by atoms with van der Waals surface area (Å²) in [5, 5.41) is 13.4. The molecule has 3 N–H and O–H groups in total. The van der Waals surface area contributed by atoms with Gasteiger partial charge in [0.2, 0.25) is 11.8 Å². The molecule has 0 saturated heterocycles. The summed E-state index contributed by atoms with van der Waals surface area (Å²) in [7, 11) is 0. The lowest BCUT2D eigenvalue weighted by atomic mass is 9.87. The van der Waals surface area contributed by atoms with Crippen molar-refractivity contribution in [3.05, 3.63) is 71.9 Å². The Bertz CT molecular complexity index is 1170. The summed E-state index contributed by atoms with van der Waals surface area (Å²) in [6, 6.07) is 16.4. The van der Waals surface area contributed by atoms with Crippen LogP contribution in [0.5, 0.6) is 0 Å². The van der Waals surface area contributed by atoms with Crippen LogP contribution in [0, 0.1) is 5.92 Å². The lowest BCUT2D eigenvalue weighted by molar-refractivity contribution is -0.146. The number of para-hydroxylation sites is 1. The second kappa shape index (κ2) is 12.4. The van der Waals surface area contributed by atoms with Gasteiger partial charge in [0.25, 0.3) is 0 Å². The summed E-state index contributed by atoms with van der Waals surface area (Å²) in [6.45, 7) is 0.0224. The van der Waals surface area contributed by atoms with E-state index < -0.39 is 12.0 Å². The summed E-state index contributed by atoms with van der Waals surface area (Å²) in [6.07, 6.45) is 8.93. The molecule has 4 rings (SSSR count). The van der Waals surface area contributed by atoms with Gasteiger partial charge in [0.1, 0.15) is 12.6 Å². The monoisotopic (exact) mass is 489 g/mol. The zero-order valence-electron chi connectivity index (χ0n) is 20.6. The molecule has 2 amide bonds. The number of fused-ring (bicyclic) bond motifs is 1. The molecule has 1 fully saturated rings.